The quantitative estimate of drug-likeness (QED) is 0.753. The van der Waals surface area contributed by atoms with E-state index in [9.17, 15) is 22.4 Å². The summed E-state index contributed by atoms with van der Waals surface area (Å²) in [5.41, 5.74) is -0.695. The normalized spacial score (nSPS) is 10.9. The van der Waals surface area contributed by atoms with Crippen LogP contribution in [-0.4, -0.2) is 38.3 Å². The highest BCUT2D eigenvalue weighted by atomic mass is 32.2. The van der Waals surface area contributed by atoms with Gasteiger partial charge in [0.05, 0.1) is 30.5 Å². The number of hydrogen-bond acceptors (Lipinski definition) is 5. The highest BCUT2D eigenvalue weighted by molar-refractivity contribution is 7.92. The molecular formula is C11H12FNO6S. The highest BCUT2D eigenvalue weighted by Gasteiger charge is 2.16. The number of carbonyl (C=O) groups excluding carboxylic acids is 1. The first kappa shape index (κ1) is 15.9. The molecule has 1 aromatic carbocycles. The van der Waals surface area contributed by atoms with Gasteiger partial charge in [-0.1, -0.05) is 0 Å². The van der Waals surface area contributed by atoms with Crippen LogP contribution in [-0.2, 0) is 19.6 Å². The zero-order valence-electron chi connectivity index (χ0n) is 10.4. The van der Waals surface area contributed by atoms with Gasteiger partial charge in [0.15, 0.2) is 0 Å². The predicted octanol–water partition coefficient (Wildman–Crippen LogP) is 0.829. The van der Waals surface area contributed by atoms with Crippen molar-refractivity contribution in [2.24, 2.45) is 0 Å². The van der Waals surface area contributed by atoms with Crippen molar-refractivity contribution in [2.75, 3.05) is 17.6 Å². The highest BCUT2D eigenvalue weighted by Crippen LogP contribution is 2.17. The lowest BCUT2D eigenvalue weighted by molar-refractivity contribution is -0.140. The molecular weight excluding hydrogens is 293 g/mol. The topological polar surface area (TPSA) is 110 Å². The summed E-state index contributed by atoms with van der Waals surface area (Å²) in [5.74, 6) is -3.63. The first-order valence-corrected chi connectivity index (χ1v) is 7.00. The number of benzene rings is 1. The van der Waals surface area contributed by atoms with E-state index >= 15 is 0 Å². The number of aromatic carboxylic acids is 1. The number of halogens is 1. The standard InChI is InChI=1S/C11H12FNO6S/c1-19-10(14)4-5-20(17,18)13-9-3-2-7(11(15)16)6-8(9)12/h2-3,6,13H,4-5H2,1H3,(H,15,16). The molecule has 1 aromatic rings. The molecule has 0 aliphatic carbocycles. The van der Waals surface area contributed by atoms with Crippen molar-refractivity contribution in [1.29, 1.82) is 0 Å². The fourth-order valence-corrected chi connectivity index (χ4v) is 2.31. The number of sulfonamides is 1. The molecule has 1 rings (SSSR count). The molecule has 0 fully saturated rings. The van der Waals surface area contributed by atoms with Crippen molar-refractivity contribution in [3.63, 3.8) is 0 Å². The maximum Gasteiger partial charge on any atom is 0.335 e. The van der Waals surface area contributed by atoms with E-state index in [1.54, 1.807) is 0 Å². The summed E-state index contributed by atoms with van der Waals surface area (Å²) in [5, 5.41) is 8.65. The van der Waals surface area contributed by atoms with Gasteiger partial charge in [0.25, 0.3) is 0 Å². The summed E-state index contributed by atoms with van der Waals surface area (Å²) in [6.45, 7) is 0. The molecule has 110 valence electrons. The van der Waals surface area contributed by atoms with Gasteiger partial charge < -0.3 is 9.84 Å². The Morgan fingerprint density at radius 1 is 1.40 bits per heavy atom. The van der Waals surface area contributed by atoms with Crippen LogP contribution >= 0.6 is 0 Å². The minimum Gasteiger partial charge on any atom is -0.478 e. The monoisotopic (exact) mass is 305 g/mol. The first-order chi connectivity index (χ1) is 9.25. The Labute approximate surface area is 114 Å². The van der Waals surface area contributed by atoms with Gasteiger partial charge in [0.1, 0.15) is 5.82 Å². The van der Waals surface area contributed by atoms with Gasteiger partial charge in [0.2, 0.25) is 10.0 Å². The Bertz CT molecular complexity index is 628. The van der Waals surface area contributed by atoms with Crippen molar-refractivity contribution >= 4 is 27.6 Å². The number of ether oxygens (including phenoxy) is 1. The van der Waals surface area contributed by atoms with E-state index in [2.05, 4.69) is 4.74 Å². The van der Waals surface area contributed by atoms with E-state index in [0.717, 1.165) is 19.2 Å². The lowest BCUT2D eigenvalue weighted by Crippen LogP contribution is -2.20. The van der Waals surface area contributed by atoms with Crippen LogP contribution in [0.3, 0.4) is 0 Å². The SMILES string of the molecule is COC(=O)CCS(=O)(=O)Nc1ccc(C(=O)O)cc1F. The largest absolute Gasteiger partial charge is 0.478 e. The van der Waals surface area contributed by atoms with Crippen molar-refractivity contribution in [2.45, 2.75) is 6.42 Å². The second kappa shape index (κ2) is 6.33. The molecule has 0 saturated heterocycles. The third kappa shape index (κ3) is 4.50. The summed E-state index contributed by atoms with van der Waals surface area (Å²) in [6.07, 6.45) is -0.374. The minimum atomic E-state index is -3.93. The molecule has 0 amide bonds. The van der Waals surface area contributed by atoms with Crippen molar-refractivity contribution < 1.29 is 32.2 Å². The van der Waals surface area contributed by atoms with Gasteiger partial charge in [0, 0.05) is 0 Å². The molecule has 0 saturated carbocycles. The molecule has 0 aromatic heterocycles. The van der Waals surface area contributed by atoms with Crippen LogP contribution in [0, 0.1) is 5.82 Å². The smallest absolute Gasteiger partial charge is 0.335 e. The minimum absolute atomic E-state index is 0.306. The van der Waals surface area contributed by atoms with E-state index in [4.69, 9.17) is 5.11 Å². The van der Waals surface area contributed by atoms with Crippen LogP contribution < -0.4 is 4.72 Å². The van der Waals surface area contributed by atoms with Crippen molar-refractivity contribution in [3.05, 3.63) is 29.6 Å². The van der Waals surface area contributed by atoms with E-state index in [1.165, 1.54) is 0 Å². The Balaban J connectivity index is 2.82. The van der Waals surface area contributed by atoms with E-state index in [-0.39, 0.29) is 17.7 Å². The fourth-order valence-electron chi connectivity index (χ4n) is 1.27. The number of esters is 1. The molecule has 7 nitrogen and oxygen atoms in total. The third-order valence-corrected chi connectivity index (χ3v) is 3.56. The molecule has 0 spiro atoms. The maximum absolute atomic E-state index is 13.5. The van der Waals surface area contributed by atoms with Gasteiger partial charge in [-0.15, -0.1) is 0 Å². The summed E-state index contributed by atoms with van der Waals surface area (Å²) < 4.78 is 42.9. The third-order valence-electron chi connectivity index (χ3n) is 2.28. The van der Waals surface area contributed by atoms with Crippen LogP contribution in [0.2, 0.25) is 0 Å². The number of carboxylic acid groups (broad SMARTS) is 1. The zero-order valence-corrected chi connectivity index (χ0v) is 11.2. The van der Waals surface area contributed by atoms with Crippen molar-refractivity contribution in [3.8, 4) is 0 Å². The van der Waals surface area contributed by atoms with Gasteiger partial charge >= 0.3 is 11.9 Å². The number of methoxy groups -OCH3 is 1. The number of carbonyl (C=O) groups is 2. The van der Waals surface area contributed by atoms with Crippen LogP contribution in [0.15, 0.2) is 18.2 Å². The Hall–Kier alpha value is -2.16. The van der Waals surface area contributed by atoms with Crippen molar-refractivity contribution in [1.82, 2.24) is 0 Å². The van der Waals surface area contributed by atoms with Crippen LogP contribution in [0.5, 0.6) is 0 Å². The Kier molecular flexibility index (Phi) is 5.03. The zero-order chi connectivity index (χ0) is 15.3. The van der Waals surface area contributed by atoms with Gasteiger partial charge in [-0.2, -0.15) is 0 Å². The summed E-state index contributed by atoms with van der Waals surface area (Å²) >= 11 is 0. The first-order valence-electron chi connectivity index (χ1n) is 5.35. The lowest BCUT2D eigenvalue weighted by Gasteiger charge is -2.08. The van der Waals surface area contributed by atoms with Crippen LogP contribution in [0.1, 0.15) is 16.8 Å². The van der Waals surface area contributed by atoms with E-state index < -0.39 is 33.5 Å². The maximum atomic E-state index is 13.5. The number of carboxylic acids is 1. The van der Waals surface area contributed by atoms with Gasteiger partial charge in [-0.05, 0) is 18.2 Å². The van der Waals surface area contributed by atoms with Gasteiger partial charge in [-0.25, -0.2) is 17.6 Å². The Morgan fingerprint density at radius 3 is 2.55 bits per heavy atom. The lowest BCUT2D eigenvalue weighted by atomic mass is 10.2. The molecule has 0 aliphatic rings. The molecule has 0 aliphatic heterocycles. The second-order valence-corrected chi connectivity index (χ2v) is 5.59. The Morgan fingerprint density at radius 2 is 2.05 bits per heavy atom. The second-order valence-electron chi connectivity index (χ2n) is 3.75. The molecule has 0 atom stereocenters. The average molecular weight is 305 g/mol. The number of hydrogen-bond donors (Lipinski definition) is 2. The molecule has 0 bridgehead atoms. The molecule has 20 heavy (non-hydrogen) atoms. The number of nitrogens with one attached hydrogen (secondary N) is 1. The molecule has 2 N–H and O–H groups in total. The molecule has 0 heterocycles. The molecule has 9 heteroatoms. The summed E-state index contributed by atoms with van der Waals surface area (Å²) in [4.78, 5) is 21.4. The van der Waals surface area contributed by atoms with Crippen LogP contribution in [0.25, 0.3) is 0 Å². The molecule has 0 radical (unpaired) electrons. The summed E-state index contributed by atoms with van der Waals surface area (Å²) in [7, 11) is -2.82. The molecule has 0 unspecified atom stereocenters. The van der Waals surface area contributed by atoms with Gasteiger partial charge in [-0.3, -0.25) is 9.52 Å². The van der Waals surface area contributed by atoms with E-state index in [1.807, 2.05) is 4.72 Å². The van der Waals surface area contributed by atoms with Crippen LogP contribution in [0.4, 0.5) is 10.1 Å². The summed E-state index contributed by atoms with van der Waals surface area (Å²) in [6, 6.07) is 2.75. The predicted molar refractivity (Wildman–Crippen MR) is 67.4 cm³/mol. The average Bonchev–Trinajstić information content (AvgIpc) is 2.38. The fraction of sp³-hybridized carbons (Fsp3) is 0.273. The van der Waals surface area contributed by atoms with E-state index in [0.29, 0.717) is 6.07 Å². The number of rotatable bonds is 6. The number of anilines is 1.